The maximum atomic E-state index is 13.9. The standard InChI is InChI=1S/C38H51N5O5S/c1-9-42(7)28-13-11-27(12-14-28)38(6)47-34-25(5)29(36(44)40-19-31-32(49-8)16-22(2)41-37(31)45)17-30(35(34)48-38)26-10-15-33(39-18-26)43-20-23(3)46-24(4)21-43/h10,15-18,23-24,27-28H,9,11-14,19-21H2,1-8H3,(H,40,44)(H,41,45)/t23-,24+,27-,28-,38?. The van der Waals surface area contributed by atoms with Gasteiger partial charge in [0.15, 0.2) is 11.5 Å². The molecule has 6 rings (SSSR count). The second kappa shape index (κ2) is 14.4. The van der Waals surface area contributed by atoms with Crippen molar-refractivity contribution < 1.29 is 19.0 Å². The number of nitrogens with zero attached hydrogens (tertiary/aromatic N) is 3. The lowest BCUT2D eigenvalue weighted by Crippen LogP contribution is -2.47. The van der Waals surface area contributed by atoms with Gasteiger partial charge in [0.2, 0.25) is 0 Å². The number of carbonyl (C=O) groups excluding carboxylic acids is 1. The summed E-state index contributed by atoms with van der Waals surface area (Å²) < 4.78 is 19.6. The number of aromatic nitrogens is 2. The van der Waals surface area contributed by atoms with Gasteiger partial charge in [0, 0.05) is 83.1 Å². The number of rotatable bonds is 9. The molecule has 0 bridgehead atoms. The number of hydrogen-bond acceptors (Lipinski definition) is 9. The summed E-state index contributed by atoms with van der Waals surface area (Å²) in [6, 6.07) is 8.45. The topological polar surface area (TPSA) is 109 Å². The molecule has 2 aromatic heterocycles. The summed E-state index contributed by atoms with van der Waals surface area (Å²) in [6.45, 7) is 14.9. The fraction of sp³-hybridized carbons (Fsp3) is 0.553. The molecule has 3 aliphatic rings. The van der Waals surface area contributed by atoms with Crippen LogP contribution in [0.15, 0.2) is 40.2 Å². The van der Waals surface area contributed by atoms with Crippen LogP contribution in [0.4, 0.5) is 5.82 Å². The molecule has 2 aliphatic heterocycles. The van der Waals surface area contributed by atoms with E-state index in [9.17, 15) is 9.59 Å². The van der Waals surface area contributed by atoms with Crippen molar-refractivity contribution in [3.05, 3.63) is 63.2 Å². The van der Waals surface area contributed by atoms with E-state index in [1.165, 1.54) is 11.8 Å². The number of ether oxygens (including phenoxy) is 3. The summed E-state index contributed by atoms with van der Waals surface area (Å²) in [5.74, 6) is 1.19. The third-order valence-corrected chi connectivity index (χ3v) is 11.4. The highest BCUT2D eigenvalue weighted by Gasteiger charge is 2.48. The predicted molar refractivity (Wildman–Crippen MR) is 195 cm³/mol. The number of pyridine rings is 2. The van der Waals surface area contributed by atoms with Gasteiger partial charge in [-0.05, 0) is 97.5 Å². The lowest BCUT2D eigenvalue weighted by Gasteiger charge is -2.39. The Kier molecular flexibility index (Phi) is 10.3. The summed E-state index contributed by atoms with van der Waals surface area (Å²) in [6.07, 6.45) is 8.20. The van der Waals surface area contributed by atoms with Crippen LogP contribution in [-0.2, 0) is 11.3 Å². The number of morpholine rings is 1. The number of anilines is 1. The summed E-state index contributed by atoms with van der Waals surface area (Å²) in [5.41, 5.74) is 3.91. The molecule has 1 amide bonds. The smallest absolute Gasteiger partial charge is 0.254 e. The molecular formula is C38H51N5O5S. The maximum absolute atomic E-state index is 13.9. The van der Waals surface area contributed by atoms with E-state index in [4.69, 9.17) is 19.2 Å². The molecule has 1 unspecified atom stereocenters. The number of aromatic amines is 1. The third kappa shape index (κ3) is 7.21. The van der Waals surface area contributed by atoms with Gasteiger partial charge in [0.25, 0.3) is 17.3 Å². The minimum absolute atomic E-state index is 0.105. The number of thioether (sulfide) groups is 1. The van der Waals surface area contributed by atoms with Crippen molar-refractivity contribution in [2.75, 3.05) is 37.8 Å². The maximum Gasteiger partial charge on any atom is 0.254 e. The Bertz CT molecular complexity index is 1730. The van der Waals surface area contributed by atoms with Crippen LogP contribution in [0.1, 0.15) is 80.6 Å². The van der Waals surface area contributed by atoms with Gasteiger partial charge in [0.05, 0.1) is 12.2 Å². The second-order valence-electron chi connectivity index (χ2n) is 14.1. The van der Waals surface area contributed by atoms with Crippen LogP contribution >= 0.6 is 11.8 Å². The zero-order valence-corrected chi connectivity index (χ0v) is 31.0. The molecule has 1 saturated heterocycles. The van der Waals surface area contributed by atoms with Gasteiger partial charge in [-0.25, -0.2) is 4.98 Å². The number of carbonyl (C=O) groups is 1. The van der Waals surface area contributed by atoms with Crippen LogP contribution in [0.2, 0.25) is 0 Å². The number of fused-ring (bicyclic) bond motifs is 1. The molecule has 11 heteroatoms. The molecule has 4 heterocycles. The fourth-order valence-electron chi connectivity index (χ4n) is 7.70. The molecule has 1 aromatic carbocycles. The number of H-pyrrole nitrogens is 1. The average Bonchev–Trinajstić information content (AvgIpc) is 3.46. The first-order valence-corrected chi connectivity index (χ1v) is 18.8. The van der Waals surface area contributed by atoms with Crippen molar-refractivity contribution >= 4 is 23.5 Å². The predicted octanol–water partition coefficient (Wildman–Crippen LogP) is 6.32. The van der Waals surface area contributed by atoms with E-state index < -0.39 is 5.79 Å². The molecule has 49 heavy (non-hydrogen) atoms. The number of nitrogens with one attached hydrogen (secondary N) is 2. The van der Waals surface area contributed by atoms with E-state index in [-0.39, 0.29) is 36.1 Å². The minimum atomic E-state index is -0.859. The molecule has 10 nitrogen and oxygen atoms in total. The monoisotopic (exact) mass is 689 g/mol. The molecule has 2 fully saturated rings. The number of aryl methyl sites for hydroxylation is 1. The zero-order valence-electron chi connectivity index (χ0n) is 30.1. The van der Waals surface area contributed by atoms with E-state index in [0.29, 0.717) is 34.2 Å². The van der Waals surface area contributed by atoms with Gasteiger partial charge in [0.1, 0.15) is 5.82 Å². The highest BCUT2D eigenvalue weighted by atomic mass is 32.2. The van der Waals surface area contributed by atoms with Crippen molar-refractivity contribution in [3.8, 4) is 22.6 Å². The lowest BCUT2D eigenvalue weighted by atomic mass is 9.81. The largest absolute Gasteiger partial charge is 0.448 e. The number of benzene rings is 1. The molecule has 3 aromatic rings. The molecule has 2 N–H and O–H groups in total. The summed E-state index contributed by atoms with van der Waals surface area (Å²) in [5, 5.41) is 3.02. The quantitative estimate of drug-likeness (QED) is 0.250. The van der Waals surface area contributed by atoms with Crippen LogP contribution in [0, 0.1) is 19.8 Å². The highest BCUT2D eigenvalue weighted by Crippen LogP contribution is 2.53. The van der Waals surface area contributed by atoms with E-state index in [1.807, 2.05) is 57.5 Å². The van der Waals surface area contributed by atoms with Gasteiger partial charge < -0.3 is 34.3 Å². The average molecular weight is 690 g/mol. The normalized spacial score (nSPS) is 25.1. The SMILES string of the molecule is CCN(C)[C@H]1CC[C@H](C2(C)Oc3c(-c4ccc(N5C[C@@H](C)O[C@@H](C)C5)nc4)cc(C(=O)NCc4c(SC)cc(C)[nH]c4=O)c(C)c3O2)CC1. The third-order valence-electron chi connectivity index (χ3n) is 10.6. The number of hydrogen-bond donors (Lipinski definition) is 2. The highest BCUT2D eigenvalue weighted by molar-refractivity contribution is 7.98. The summed E-state index contributed by atoms with van der Waals surface area (Å²) in [4.78, 5) is 40.0. The first kappa shape index (κ1) is 35.3. The summed E-state index contributed by atoms with van der Waals surface area (Å²) >= 11 is 1.49. The molecule has 1 aliphatic carbocycles. The van der Waals surface area contributed by atoms with Gasteiger partial charge in [-0.15, -0.1) is 11.8 Å². The Balaban J connectivity index is 1.33. The Hall–Kier alpha value is -3.54. The van der Waals surface area contributed by atoms with E-state index in [0.717, 1.165) is 72.9 Å². The van der Waals surface area contributed by atoms with Crippen LogP contribution < -0.4 is 25.2 Å². The minimum Gasteiger partial charge on any atom is -0.448 e. The second-order valence-corrected chi connectivity index (χ2v) is 15.0. The van der Waals surface area contributed by atoms with Crippen LogP contribution in [0.25, 0.3) is 11.1 Å². The van der Waals surface area contributed by atoms with Gasteiger partial charge in [-0.2, -0.15) is 0 Å². The first-order valence-electron chi connectivity index (χ1n) is 17.6. The first-order chi connectivity index (χ1) is 23.4. The van der Waals surface area contributed by atoms with Crippen LogP contribution in [0.3, 0.4) is 0 Å². The van der Waals surface area contributed by atoms with Crippen molar-refractivity contribution in [1.29, 1.82) is 0 Å². The Morgan fingerprint density at radius 1 is 1.10 bits per heavy atom. The van der Waals surface area contributed by atoms with Crippen LogP contribution in [0.5, 0.6) is 11.5 Å². The molecule has 1 saturated carbocycles. The van der Waals surface area contributed by atoms with Crippen molar-refractivity contribution in [1.82, 2.24) is 20.2 Å². The van der Waals surface area contributed by atoms with Gasteiger partial charge >= 0.3 is 0 Å². The molecule has 0 radical (unpaired) electrons. The Labute approximate surface area is 294 Å². The van der Waals surface area contributed by atoms with Crippen molar-refractivity contribution in [2.24, 2.45) is 5.92 Å². The zero-order chi connectivity index (χ0) is 35.0. The van der Waals surface area contributed by atoms with E-state index >= 15 is 0 Å². The Morgan fingerprint density at radius 2 is 1.80 bits per heavy atom. The molecule has 0 spiro atoms. The van der Waals surface area contributed by atoms with Crippen LogP contribution in [-0.4, -0.2) is 77.7 Å². The number of amides is 1. The van der Waals surface area contributed by atoms with Crippen molar-refractivity contribution in [2.45, 2.75) is 103 Å². The Morgan fingerprint density at radius 3 is 2.43 bits per heavy atom. The fourth-order valence-corrected chi connectivity index (χ4v) is 8.40. The van der Waals surface area contributed by atoms with Gasteiger partial charge in [-0.3, -0.25) is 9.59 Å². The van der Waals surface area contributed by atoms with Gasteiger partial charge in [-0.1, -0.05) is 6.92 Å². The van der Waals surface area contributed by atoms with Crippen molar-refractivity contribution in [3.63, 3.8) is 0 Å². The lowest BCUT2D eigenvalue weighted by molar-refractivity contribution is -0.123. The molecule has 3 atom stereocenters. The van der Waals surface area contributed by atoms with E-state index in [1.54, 1.807) is 0 Å². The summed E-state index contributed by atoms with van der Waals surface area (Å²) in [7, 11) is 2.20. The van der Waals surface area contributed by atoms with E-state index in [2.05, 4.69) is 47.9 Å². The molecule has 264 valence electrons. The molecular weight excluding hydrogens is 639 g/mol.